The highest BCUT2D eigenvalue weighted by Gasteiger charge is 2.19. The van der Waals surface area contributed by atoms with Crippen molar-refractivity contribution in [1.82, 2.24) is 5.32 Å². The number of aliphatic hydroxyl groups excluding tert-OH is 1. The molecule has 0 saturated heterocycles. The smallest absolute Gasteiger partial charge is 0.133 e. The van der Waals surface area contributed by atoms with Gasteiger partial charge < -0.3 is 15.2 Å². The maximum atomic E-state index is 10.1. The van der Waals surface area contributed by atoms with E-state index in [1.165, 1.54) is 31.2 Å². The van der Waals surface area contributed by atoms with E-state index >= 15 is 0 Å². The van der Waals surface area contributed by atoms with Gasteiger partial charge in [0.2, 0.25) is 0 Å². The zero-order chi connectivity index (χ0) is 15.1. The molecule has 0 aliphatic heterocycles. The van der Waals surface area contributed by atoms with E-state index < -0.39 is 0 Å². The predicted octanol–water partition coefficient (Wildman–Crippen LogP) is 3.88. The summed E-state index contributed by atoms with van der Waals surface area (Å²) in [5, 5.41) is 13.4. The van der Waals surface area contributed by atoms with Crippen LogP contribution in [0.5, 0.6) is 5.75 Å². The van der Waals surface area contributed by atoms with Crippen LogP contribution in [0, 0.1) is 5.92 Å². The molecule has 21 heavy (non-hydrogen) atoms. The van der Waals surface area contributed by atoms with E-state index in [9.17, 15) is 5.11 Å². The molecule has 0 bridgehead atoms. The Labute approximate surface area is 136 Å². The normalized spacial score (nSPS) is 17.1. The number of nitrogens with one attached hydrogen (secondary N) is 1. The van der Waals surface area contributed by atoms with Gasteiger partial charge in [-0.25, -0.2) is 0 Å². The quantitative estimate of drug-likeness (QED) is 0.743. The van der Waals surface area contributed by atoms with Crippen molar-refractivity contribution in [2.24, 2.45) is 5.92 Å². The largest absolute Gasteiger partial charge is 0.490 e. The van der Waals surface area contributed by atoms with Gasteiger partial charge in [0.1, 0.15) is 12.4 Å². The Hall–Kier alpha value is -0.580. The molecule has 1 saturated carbocycles. The molecule has 2 N–H and O–H groups in total. The van der Waals surface area contributed by atoms with E-state index in [4.69, 9.17) is 4.74 Å². The van der Waals surface area contributed by atoms with Crippen LogP contribution in [0.4, 0.5) is 0 Å². The first-order valence-electron chi connectivity index (χ1n) is 7.99. The molecular formula is C17H26BrNO2. The van der Waals surface area contributed by atoms with E-state index in [1.54, 1.807) is 0 Å². The summed E-state index contributed by atoms with van der Waals surface area (Å²) >= 11 is 3.54. The minimum Gasteiger partial charge on any atom is -0.490 e. The van der Waals surface area contributed by atoms with Gasteiger partial charge in [0.25, 0.3) is 0 Å². The average molecular weight is 356 g/mol. The summed E-state index contributed by atoms with van der Waals surface area (Å²) in [7, 11) is 0. The maximum absolute atomic E-state index is 10.1. The molecule has 0 spiro atoms. The molecule has 0 amide bonds. The standard InChI is InChI=1S/C17H26BrNO2/c1-2-19-11-14-7-8-17(16(18)10-14)21-12-15(20)9-13-5-3-4-6-13/h7-8,10,13,15,19-20H,2-6,9,11-12H2,1H3. The van der Waals surface area contributed by atoms with Crippen LogP contribution < -0.4 is 10.1 Å². The third-order valence-corrected chi connectivity index (χ3v) is 4.71. The third kappa shape index (κ3) is 5.61. The van der Waals surface area contributed by atoms with Gasteiger partial charge in [-0.2, -0.15) is 0 Å². The fraction of sp³-hybridized carbons (Fsp3) is 0.647. The lowest BCUT2D eigenvalue weighted by Crippen LogP contribution is -2.20. The van der Waals surface area contributed by atoms with E-state index in [1.807, 2.05) is 6.07 Å². The van der Waals surface area contributed by atoms with Crippen molar-refractivity contribution in [1.29, 1.82) is 0 Å². The van der Waals surface area contributed by atoms with Crippen LogP contribution >= 0.6 is 15.9 Å². The Morgan fingerprint density at radius 2 is 2.14 bits per heavy atom. The minimum absolute atomic E-state index is 0.360. The van der Waals surface area contributed by atoms with Crippen molar-refractivity contribution in [3.05, 3.63) is 28.2 Å². The average Bonchev–Trinajstić information content (AvgIpc) is 2.97. The Kier molecular flexibility index (Phi) is 7.00. The Morgan fingerprint density at radius 3 is 2.81 bits per heavy atom. The predicted molar refractivity (Wildman–Crippen MR) is 89.6 cm³/mol. The summed E-state index contributed by atoms with van der Waals surface area (Å²) in [6, 6.07) is 6.10. The number of benzene rings is 1. The van der Waals surface area contributed by atoms with Gasteiger partial charge in [-0.05, 0) is 52.5 Å². The maximum Gasteiger partial charge on any atom is 0.133 e. The number of hydrogen-bond acceptors (Lipinski definition) is 3. The van der Waals surface area contributed by atoms with Crippen molar-refractivity contribution in [3.63, 3.8) is 0 Å². The Morgan fingerprint density at radius 1 is 1.38 bits per heavy atom. The lowest BCUT2D eigenvalue weighted by atomic mass is 10.0. The molecule has 3 nitrogen and oxygen atoms in total. The molecule has 0 aromatic heterocycles. The van der Waals surface area contributed by atoms with Crippen molar-refractivity contribution < 1.29 is 9.84 Å². The van der Waals surface area contributed by atoms with Crippen LogP contribution in [0.1, 0.15) is 44.6 Å². The van der Waals surface area contributed by atoms with Gasteiger partial charge in [0, 0.05) is 6.54 Å². The van der Waals surface area contributed by atoms with Crippen molar-refractivity contribution in [3.8, 4) is 5.75 Å². The summed E-state index contributed by atoms with van der Waals surface area (Å²) < 4.78 is 6.70. The third-order valence-electron chi connectivity index (χ3n) is 4.09. The molecule has 0 radical (unpaired) electrons. The Bertz CT molecular complexity index is 433. The SMILES string of the molecule is CCNCc1ccc(OCC(O)CC2CCCC2)c(Br)c1. The molecule has 118 valence electrons. The summed E-state index contributed by atoms with van der Waals surface area (Å²) in [6.07, 6.45) is 5.67. The lowest BCUT2D eigenvalue weighted by molar-refractivity contribution is 0.0852. The zero-order valence-electron chi connectivity index (χ0n) is 12.8. The van der Waals surface area contributed by atoms with Crippen LogP contribution in [0.25, 0.3) is 0 Å². The summed E-state index contributed by atoms with van der Waals surface area (Å²) in [6.45, 7) is 4.29. The van der Waals surface area contributed by atoms with Crippen molar-refractivity contribution in [2.75, 3.05) is 13.2 Å². The second-order valence-electron chi connectivity index (χ2n) is 5.90. The summed E-state index contributed by atoms with van der Waals surface area (Å²) in [5.41, 5.74) is 1.22. The van der Waals surface area contributed by atoms with Gasteiger partial charge in [-0.1, -0.05) is 38.7 Å². The van der Waals surface area contributed by atoms with Crippen LogP contribution in [-0.2, 0) is 6.54 Å². The number of aliphatic hydroxyl groups is 1. The highest BCUT2D eigenvalue weighted by atomic mass is 79.9. The van der Waals surface area contributed by atoms with E-state index in [2.05, 4.69) is 40.3 Å². The highest BCUT2D eigenvalue weighted by molar-refractivity contribution is 9.10. The number of rotatable bonds is 8. The van der Waals surface area contributed by atoms with Crippen LogP contribution in [0.15, 0.2) is 22.7 Å². The van der Waals surface area contributed by atoms with Gasteiger partial charge in [-0.15, -0.1) is 0 Å². The van der Waals surface area contributed by atoms with Gasteiger partial charge in [0.15, 0.2) is 0 Å². The molecule has 1 aromatic rings. The molecule has 2 rings (SSSR count). The zero-order valence-corrected chi connectivity index (χ0v) is 14.4. The highest BCUT2D eigenvalue weighted by Crippen LogP contribution is 2.29. The molecule has 1 aliphatic rings. The van der Waals surface area contributed by atoms with Gasteiger partial charge in [0.05, 0.1) is 10.6 Å². The molecule has 4 heteroatoms. The fourth-order valence-corrected chi connectivity index (χ4v) is 3.47. The molecule has 0 heterocycles. The van der Waals surface area contributed by atoms with Gasteiger partial charge in [-0.3, -0.25) is 0 Å². The monoisotopic (exact) mass is 355 g/mol. The second-order valence-corrected chi connectivity index (χ2v) is 6.75. The summed E-state index contributed by atoms with van der Waals surface area (Å²) in [4.78, 5) is 0. The van der Waals surface area contributed by atoms with E-state index in [0.29, 0.717) is 12.5 Å². The molecule has 1 fully saturated rings. The molecule has 1 atom stereocenters. The molecule has 1 aromatic carbocycles. The first-order valence-corrected chi connectivity index (χ1v) is 8.78. The first-order chi connectivity index (χ1) is 10.2. The Balaban J connectivity index is 1.79. The second kappa shape index (κ2) is 8.76. The molecule has 1 unspecified atom stereocenters. The number of ether oxygens (including phenoxy) is 1. The first kappa shape index (κ1) is 16.8. The minimum atomic E-state index is -0.360. The topological polar surface area (TPSA) is 41.5 Å². The fourth-order valence-electron chi connectivity index (χ4n) is 2.93. The number of halogens is 1. The molecular weight excluding hydrogens is 330 g/mol. The molecule has 1 aliphatic carbocycles. The van der Waals surface area contributed by atoms with Crippen molar-refractivity contribution in [2.45, 2.75) is 51.7 Å². The number of hydrogen-bond donors (Lipinski definition) is 2. The lowest BCUT2D eigenvalue weighted by Gasteiger charge is -2.17. The van der Waals surface area contributed by atoms with Crippen LogP contribution in [0.3, 0.4) is 0 Å². The summed E-state index contributed by atoms with van der Waals surface area (Å²) in [5.74, 6) is 1.50. The van der Waals surface area contributed by atoms with Crippen LogP contribution in [-0.4, -0.2) is 24.4 Å². The van der Waals surface area contributed by atoms with Crippen LogP contribution in [0.2, 0.25) is 0 Å². The van der Waals surface area contributed by atoms with E-state index in [-0.39, 0.29) is 6.10 Å². The van der Waals surface area contributed by atoms with Gasteiger partial charge >= 0.3 is 0 Å². The van der Waals surface area contributed by atoms with E-state index in [0.717, 1.165) is 29.7 Å². The van der Waals surface area contributed by atoms with Crippen molar-refractivity contribution >= 4 is 15.9 Å².